The summed E-state index contributed by atoms with van der Waals surface area (Å²) in [6, 6.07) is 0. The van der Waals surface area contributed by atoms with Crippen molar-refractivity contribution in [2.24, 2.45) is 40.4 Å². The lowest BCUT2D eigenvalue weighted by atomic mass is 9.44. The second kappa shape index (κ2) is 7.40. The highest BCUT2D eigenvalue weighted by molar-refractivity contribution is 5.84. The Kier molecular flexibility index (Phi) is 5.37. The molecule has 3 nitrogen and oxygen atoms in total. The number of ether oxygens (including phenoxy) is 1. The number of carbonyl (C=O) groups is 2. The van der Waals surface area contributed by atoms with E-state index in [9.17, 15) is 14.0 Å². The number of ketones is 1. The lowest BCUT2D eigenvalue weighted by Gasteiger charge is -2.60. The highest BCUT2D eigenvalue weighted by atomic mass is 19.1. The first kappa shape index (κ1) is 20.3. The van der Waals surface area contributed by atoms with Gasteiger partial charge in [-0.2, -0.15) is 0 Å². The lowest BCUT2D eigenvalue weighted by molar-refractivity contribution is -0.153. The molecule has 4 heteroatoms. The number of hydrogen-bond acceptors (Lipinski definition) is 3. The first-order chi connectivity index (χ1) is 13.3. The Balaban J connectivity index is 1.47. The minimum atomic E-state index is -1.22. The normalized spacial score (nSPS) is 47.8. The summed E-state index contributed by atoms with van der Waals surface area (Å²) in [7, 11) is 1.47. The molecule has 0 radical (unpaired) electrons. The zero-order chi connectivity index (χ0) is 20.1. The molecule has 8 unspecified atom stereocenters. The topological polar surface area (TPSA) is 43.4 Å². The van der Waals surface area contributed by atoms with Crippen molar-refractivity contribution in [3.63, 3.8) is 0 Å². The van der Waals surface area contributed by atoms with Crippen LogP contribution in [0.4, 0.5) is 4.39 Å². The van der Waals surface area contributed by atoms with Crippen LogP contribution < -0.4 is 0 Å². The van der Waals surface area contributed by atoms with E-state index >= 15 is 0 Å². The van der Waals surface area contributed by atoms with E-state index in [1.165, 1.54) is 32.8 Å². The van der Waals surface area contributed by atoms with Crippen molar-refractivity contribution < 1.29 is 18.7 Å². The van der Waals surface area contributed by atoms with Crippen molar-refractivity contribution in [1.82, 2.24) is 0 Å². The molecule has 4 aliphatic rings. The number of halogens is 1. The predicted molar refractivity (Wildman–Crippen MR) is 106 cm³/mol. The van der Waals surface area contributed by atoms with Crippen LogP contribution in [0.1, 0.15) is 84.5 Å². The highest BCUT2D eigenvalue weighted by Crippen LogP contribution is 2.67. The highest BCUT2D eigenvalue weighted by Gasteiger charge is 2.61. The Labute approximate surface area is 169 Å². The number of hydrogen-bond donors (Lipinski definition) is 0. The zero-order valence-electron chi connectivity index (χ0n) is 17.8. The number of alkyl halides is 1. The van der Waals surface area contributed by atoms with Gasteiger partial charge in [-0.15, -0.1) is 0 Å². The van der Waals surface area contributed by atoms with Crippen LogP contribution in [0.15, 0.2) is 0 Å². The molecule has 4 rings (SSSR count). The van der Waals surface area contributed by atoms with Crippen molar-refractivity contribution in [2.45, 2.75) is 90.6 Å². The summed E-state index contributed by atoms with van der Waals surface area (Å²) in [4.78, 5) is 23.5. The summed E-state index contributed by atoms with van der Waals surface area (Å²) >= 11 is 0. The van der Waals surface area contributed by atoms with Crippen LogP contribution in [-0.2, 0) is 14.3 Å². The monoisotopic (exact) mass is 392 g/mol. The molecule has 28 heavy (non-hydrogen) atoms. The van der Waals surface area contributed by atoms with E-state index < -0.39 is 6.17 Å². The van der Waals surface area contributed by atoms with Gasteiger partial charge in [-0.05, 0) is 92.3 Å². The minimum absolute atomic E-state index is 0.0144. The maximum absolute atomic E-state index is 14.8. The lowest BCUT2D eigenvalue weighted by Crippen LogP contribution is -2.56. The third-order valence-electron chi connectivity index (χ3n) is 9.87. The van der Waals surface area contributed by atoms with Gasteiger partial charge in [-0.25, -0.2) is 4.39 Å². The molecule has 8 atom stereocenters. The number of methoxy groups -OCH3 is 1. The van der Waals surface area contributed by atoms with Gasteiger partial charge in [0, 0.05) is 18.8 Å². The van der Waals surface area contributed by atoms with Gasteiger partial charge in [0.25, 0.3) is 0 Å². The Morgan fingerprint density at radius 1 is 1.04 bits per heavy atom. The third kappa shape index (κ3) is 3.04. The summed E-state index contributed by atoms with van der Waals surface area (Å²) in [5.41, 5.74) is 0.390. The van der Waals surface area contributed by atoms with Crippen LogP contribution in [0.25, 0.3) is 0 Å². The molecule has 0 N–H and O–H groups in total. The molecule has 0 heterocycles. The SMILES string of the molecule is COC(=O)CCCC1CCC2C3CCC4C(F)C(=O)CCC4(C)C3CCC12C. The van der Waals surface area contributed by atoms with Gasteiger partial charge in [0.05, 0.1) is 7.11 Å². The quantitative estimate of drug-likeness (QED) is 0.593. The molecule has 0 aromatic carbocycles. The van der Waals surface area contributed by atoms with E-state index in [0.29, 0.717) is 36.0 Å². The number of Topliss-reactive ketones (excluding diaryl/α,β-unsaturated/α-hetero) is 1. The first-order valence-electron chi connectivity index (χ1n) is 11.5. The maximum Gasteiger partial charge on any atom is 0.305 e. The summed E-state index contributed by atoms with van der Waals surface area (Å²) in [5.74, 6) is 2.45. The summed E-state index contributed by atoms with van der Waals surface area (Å²) < 4.78 is 19.6. The van der Waals surface area contributed by atoms with Crippen LogP contribution in [-0.4, -0.2) is 25.0 Å². The summed E-state index contributed by atoms with van der Waals surface area (Å²) in [6.07, 6.45) is 9.69. The van der Waals surface area contributed by atoms with Crippen LogP contribution in [0.3, 0.4) is 0 Å². The predicted octanol–water partition coefficient (Wildman–Crippen LogP) is 5.51. The standard InChI is InChI=1S/C24H37FO3/c1-23-13-11-18-16(8-10-19-22(25)20(26)12-14-24(18,19)2)17(23)9-7-15(23)5-4-6-21(27)28-3/h15-19,22H,4-14H2,1-3H3. The van der Waals surface area contributed by atoms with Gasteiger partial charge in [0.15, 0.2) is 12.0 Å². The second-order valence-corrected chi connectivity index (χ2v) is 10.7. The van der Waals surface area contributed by atoms with Gasteiger partial charge in [-0.1, -0.05) is 13.8 Å². The van der Waals surface area contributed by atoms with Gasteiger partial charge in [-0.3, -0.25) is 9.59 Å². The third-order valence-corrected chi connectivity index (χ3v) is 9.87. The molecule has 4 saturated carbocycles. The van der Waals surface area contributed by atoms with E-state index in [4.69, 9.17) is 4.74 Å². The summed E-state index contributed by atoms with van der Waals surface area (Å²) in [6.45, 7) is 4.80. The van der Waals surface area contributed by atoms with E-state index in [-0.39, 0.29) is 23.1 Å². The molecule has 158 valence electrons. The molecular formula is C24H37FO3. The van der Waals surface area contributed by atoms with E-state index in [1.807, 2.05) is 0 Å². The van der Waals surface area contributed by atoms with Crippen molar-refractivity contribution in [1.29, 1.82) is 0 Å². The maximum atomic E-state index is 14.8. The van der Waals surface area contributed by atoms with Gasteiger partial charge >= 0.3 is 5.97 Å². The van der Waals surface area contributed by atoms with Crippen molar-refractivity contribution in [3.05, 3.63) is 0 Å². The second-order valence-electron chi connectivity index (χ2n) is 10.7. The molecule has 0 amide bonds. The fourth-order valence-electron chi connectivity index (χ4n) is 8.27. The van der Waals surface area contributed by atoms with E-state index in [1.54, 1.807) is 0 Å². The number of rotatable bonds is 4. The van der Waals surface area contributed by atoms with E-state index in [2.05, 4.69) is 13.8 Å². The van der Waals surface area contributed by atoms with Crippen molar-refractivity contribution in [3.8, 4) is 0 Å². The van der Waals surface area contributed by atoms with Gasteiger partial charge in [0.2, 0.25) is 0 Å². The number of fused-ring (bicyclic) bond motifs is 5. The van der Waals surface area contributed by atoms with Gasteiger partial charge < -0.3 is 4.74 Å². The first-order valence-corrected chi connectivity index (χ1v) is 11.5. The van der Waals surface area contributed by atoms with Crippen molar-refractivity contribution >= 4 is 11.8 Å². The number of carbonyl (C=O) groups excluding carboxylic acids is 2. The Morgan fingerprint density at radius 3 is 2.50 bits per heavy atom. The van der Waals surface area contributed by atoms with Gasteiger partial charge in [0.1, 0.15) is 0 Å². The van der Waals surface area contributed by atoms with E-state index in [0.717, 1.165) is 38.0 Å². The average Bonchev–Trinajstić information content (AvgIpc) is 3.01. The molecule has 4 aliphatic carbocycles. The smallest absolute Gasteiger partial charge is 0.305 e. The Bertz CT molecular complexity index is 633. The van der Waals surface area contributed by atoms with Crippen molar-refractivity contribution in [2.75, 3.05) is 7.11 Å². The Hall–Kier alpha value is -0.930. The Morgan fingerprint density at radius 2 is 1.75 bits per heavy atom. The molecule has 0 bridgehead atoms. The van der Waals surface area contributed by atoms with Crippen LogP contribution in [0.5, 0.6) is 0 Å². The minimum Gasteiger partial charge on any atom is -0.469 e. The van der Waals surface area contributed by atoms with Crippen LogP contribution >= 0.6 is 0 Å². The fourth-order valence-corrected chi connectivity index (χ4v) is 8.27. The molecule has 0 aliphatic heterocycles. The van der Waals surface area contributed by atoms with Crippen LogP contribution in [0.2, 0.25) is 0 Å². The molecule has 0 aromatic rings. The molecule has 0 spiro atoms. The molecule has 0 aromatic heterocycles. The number of esters is 1. The average molecular weight is 393 g/mol. The molecule has 0 saturated heterocycles. The zero-order valence-corrected chi connectivity index (χ0v) is 17.8. The fraction of sp³-hybridized carbons (Fsp3) is 0.917. The molecule has 4 fully saturated rings. The largest absolute Gasteiger partial charge is 0.469 e. The van der Waals surface area contributed by atoms with Crippen LogP contribution in [0, 0.1) is 40.4 Å². The molecular weight excluding hydrogens is 355 g/mol. The summed E-state index contributed by atoms with van der Waals surface area (Å²) in [5, 5.41) is 0.